The summed E-state index contributed by atoms with van der Waals surface area (Å²) in [6.07, 6.45) is 6.15. The lowest BCUT2D eigenvalue weighted by Crippen LogP contribution is -2.56. The lowest BCUT2D eigenvalue weighted by Gasteiger charge is -2.51. The number of benzene rings is 2. The molecular formula is C23H27NO2. The molecule has 136 valence electrons. The number of fused-ring (bicyclic) bond motifs is 1. The number of likely N-dealkylation sites (tertiary alicyclic amines) is 1. The number of hydrogen-bond donors (Lipinski definition) is 1. The molecule has 2 aromatic carbocycles. The Morgan fingerprint density at radius 1 is 1.08 bits per heavy atom. The molecule has 1 saturated heterocycles. The van der Waals surface area contributed by atoms with Crippen LogP contribution in [0.1, 0.15) is 36.8 Å². The van der Waals surface area contributed by atoms with Crippen molar-refractivity contribution in [3.63, 3.8) is 0 Å². The molecule has 1 spiro atoms. The maximum Gasteiger partial charge on any atom is 0.165 e. The lowest BCUT2D eigenvalue weighted by molar-refractivity contribution is -0.00691. The van der Waals surface area contributed by atoms with Crippen molar-refractivity contribution in [3.05, 3.63) is 59.7 Å². The average Bonchev–Trinajstić information content (AvgIpc) is 3.02. The molecule has 0 aromatic heterocycles. The van der Waals surface area contributed by atoms with Gasteiger partial charge in [0.2, 0.25) is 0 Å². The van der Waals surface area contributed by atoms with Gasteiger partial charge in [0, 0.05) is 24.1 Å². The third-order valence-electron chi connectivity index (χ3n) is 6.96. The number of rotatable bonds is 3. The number of aromatic hydroxyl groups is 1. The number of phenols is 1. The summed E-state index contributed by atoms with van der Waals surface area (Å²) in [5, 5.41) is 10.3. The summed E-state index contributed by atoms with van der Waals surface area (Å²) >= 11 is 0. The van der Waals surface area contributed by atoms with Crippen molar-refractivity contribution in [3.8, 4) is 11.5 Å². The fourth-order valence-electron chi connectivity index (χ4n) is 5.68. The maximum absolute atomic E-state index is 10.3. The van der Waals surface area contributed by atoms with Crippen LogP contribution in [0.4, 0.5) is 0 Å². The molecule has 26 heavy (non-hydrogen) atoms. The van der Waals surface area contributed by atoms with E-state index >= 15 is 0 Å². The summed E-state index contributed by atoms with van der Waals surface area (Å²) in [5.74, 6) is 1.72. The normalized spacial score (nSPS) is 30.2. The Bertz CT molecular complexity index is 790. The monoisotopic (exact) mass is 349 g/mol. The van der Waals surface area contributed by atoms with Crippen molar-refractivity contribution in [1.82, 2.24) is 4.90 Å². The largest absolute Gasteiger partial charge is 0.504 e. The summed E-state index contributed by atoms with van der Waals surface area (Å²) in [4.78, 5) is 2.64. The predicted molar refractivity (Wildman–Crippen MR) is 103 cm³/mol. The van der Waals surface area contributed by atoms with E-state index in [-0.39, 0.29) is 11.5 Å². The van der Waals surface area contributed by atoms with Crippen LogP contribution in [0.5, 0.6) is 11.5 Å². The van der Waals surface area contributed by atoms with E-state index in [4.69, 9.17) is 4.74 Å². The van der Waals surface area contributed by atoms with Gasteiger partial charge in [-0.1, -0.05) is 42.5 Å². The molecule has 2 fully saturated rings. The molecular weight excluding hydrogens is 322 g/mol. The fraction of sp³-hybridized carbons (Fsp3) is 0.478. The Labute approximate surface area is 155 Å². The van der Waals surface area contributed by atoms with Gasteiger partial charge in [0.25, 0.3) is 0 Å². The van der Waals surface area contributed by atoms with Crippen LogP contribution in [0.3, 0.4) is 0 Å². The van der Waals surface area contributed by atoms with Crippen LogP contribution in [0.25, 0.3) is 0 Å². The minimum absolute atomic E-state index is 0.121. The highest BCUT2D eigenvalue weighted by atomic mass is 16.5. The smallest absolute Gasteiger partial charge is 0.165 e. The third kappa shape index (κ3) is 2.44. The van der Waals surface area contributed by atoms with Gasteiger partial charge in [-0.25, -0.2) is 0 Å². The summed E-state index contributed by atoms with van der Waals surface area (Å²) in [5.41, 5.74) is 2.82. The van der Waals surface area contributed by atoms with Crippen LogP contribution in [0, 0.1) is 5.92 Å². The third-order valence-corrected chi connectivity index (χ3v) is 6.96. The highest BCUT2D eigenvalue weighted by molar-refractivity contribution is 5.54. The second-order valence-electron chi connectivity index (χ2n) is 8.21. The second kappa shape index (κ2) is 6.31. The number of hydrogen-bond acceptors (Lipinski definition) is 3. The zero-order chi connectivity index (χ0) is 17.6. The van der Waals surface area contributed by atoms with Gasteiger partial charge in [0.15, 0.2) is 11.5 Å². The van der Waals surface area contributed by atoms with Gasteiger partial charge >= 0.3 is 0 Å². The van der Waals surface area contributed by atoms with Gasteiger partial charge in [-0.3, -0.25) is 0 Å². The van der Waals surface area contributed by atoms with Crippen molar-refractivity contribution in [2.75, 3.05) is 19.6 Å². The van der Waals surface area contributed by atoms with Crippen molar-refractivity contribution >= 4 is 0 Å². The molecule has 1 aliphatic carbocycles. The fourth-order valence-corrected chi connectivity index (χ4v) is 5.68. The van der Waals surface area contributed by atoms with E-state index in [9.17, 15) is 5.11 Å². The summed E-state index contributed by atoms with van der Waals surface area (Å²) < 4.78 is 6.30. The number of nitrogens with zero attached hydrogens (tertiary/aromatic N) is 1. The molecule has 3 heteroatoms. The minimum atomic E-state index is 0.121. The van der Waals surface area contributed by atoms with E-state index in [0.717, 1.165) is 44.6 Å². The van der Waals surface area contributed by atoms with E-state index in [1.165, 1.54) is 24.0 Å². The maximum atomic E-state index is 10.3. The molecule has 5 rings (SSSR count). The molecule has 2 heterocycles. The molecule has 3 unspecified atom stereocenters. The molecule has 0 amide bonds. The molecule has 3 nitrogen and oxygen atoms in total. The molecule has 0 bridgehead atoms. The molecule has 1 saturated carbocycles. The van der Waals surface area contributed by atoms with E-state index in [1.807, 2.05) is 6.07 Å². The van der Waals surface area contributed by atoms with Crippen LogP contribution in [-0.4, -0.2) is 35.7 Å². The predicted octanol–water partition coefficient (Wildman–Crippen LogP) is 4.14. The van der Waals surface area contributed by atoms with Crippen molar-refractivity contribution < 1.29 is 9.84 Å². The Morgan fingerprint density at radius 2 is 1.96 bits per heavy atom. The Balaban J connectivity index is 1.37. The van der Waals surface area contributed by atoms with Gasteiger partial charge in [0.1, 0.15) is 6.10 Å². The van der Waals surface area contributed by atoms with E-state index in [1.54, 1.807) is 6.07 Å². The average molecular weight is 349 g/mol. The van der Waals surface area contributed by atoms with Gasteiger partial charge in [-0.2, -0.15) is 0 Å². The molecule has 1 N–H and O–H groups in total. The summed E-state index contributed by atoms with van der Waals surface area (Å²) in [7, 11) is 0. The van der Waals surface area contributed by atoms with E-state index < -0.39 is 0 Å². The first kappa shape index (κ1) is 16.2. The number of para-hydroxylation sites is 1. The van der Waals surface area contributed by atoms with Crippen LogP contribution in [0.2, 0.25) is 0 Å². The first-order chi connectivity index (χ1) is 12.8. The van der Waals surface area contributed by atoms with Crippen LogP contribution in [-0.2, 0) is 11.8 Å². The zero-order valence-electron chi connectivity index (χ0n) is 15.2. The van der Waals surface area contributed by atoms with Gasteiger partial charge < -0.3 is 14.7 Å². The zero-order valence-corrected chi connectivity index (χ0v) is 15.2. The molecule has 2 aliphatic heterocycles. The molecule has 0 radical (unpaired) electrons. The Kier molecular flexibility index (Phi) is 3.93. The van der Waals surface area contributed by atoms with Gasteiger partial charge in [-0.05, 0) is 56.2 Å². The van der Waals surface area contributed by atoms with E-state index in [2.05, 4.69) is 41.3 Å². The minimum Gasteiger partial charge on any atom is -0.504 e. The van der Waals surface area contributed by atoms with E-state index in [0.29, 0.717) is 11.7 Å². The van der Waals surface area contributed by atoms with Crippen molar-refractivity contribution in [1.29, 1.82) is 0 Å². The summed E-state index contributed by atoms with van der Waals surface area (Å²) in [6.45, 7) is 3.41. The van der Waals surface area contributed by atoms with Gasteiger partial charge in [-0.15, -0.1) is 0 Å². The number of phenolic OH excluding ortho intramolecular Hbond substituents is 1. The van der Waals surface area contributed by atoms with Crippen LogP contribution in [0.15, 0.2) is 48.5 Å². The van der Waals surface area contributed by atoms with Crippen LogP contribution < -0.4 is 4.74 Å². The van der Waals surface area contributed by atoms with Gasteiger partial charge in [0.05, 0.1) is 0 Å². The second-order valence-corrected chi connectivity index (χ2v) is 8.21. The van der Waals surface area contributed by atoms with Crippen LogP contribution >= 0.6 is 0 Å². The quantitative estimate of drug-likeness (QED) is 0.904. The summed E-state index contributed by atoms with van der Waals surface area (Å²) in [6, 6.07) is 16.8. The molecule has 2 aromatic rings. The Morgan fingerprint density at radius 3 is 2.85 bits per heavy atom. The molecule has 3 aliphatic rings. The first-order valence-corrected chi connectivity index (χ1v) is 10.0. The molecule has 3 atom stereocenters. The van der Waals surface area contributed by atoms with Crippen molar-refractivity contribution in [2.45, 2.75) is 43.6 Å². The standard InChI is InChI=1S/C23H27NO2/c25-20-10-5-9-19-22(20)26-21-11-4-8-18-16-24(15-13-23(18,19)21)14-12-17-6-2-1-3-7-17/h1-3,5-7,9-10,18,21,25H,4,8,11-16H2. The first-order valence-electron chi connectivity index (χ1n) is 10.0. The number of piperidine rings is 1. The topological polar surface area (TPSA) is 32.7 Å². The lowest BCUT2D eigenvalue weighted by atomic mass is 9.58. The number of ether oxygens (including phenoxy) is 1. The van der Waals surface area contributed by atoms with Crippen molar-refractivity contribution in [2.24, 2.45) is 5.92 Å². The Hall–Kier alpha value is -2.00. The SMILES string of the molecule is Oc1cccc2c1OC1CCCC3CN(CCc4ccccc4)CCC231. The highest BCUT2D eigenvalue weighted by Gasteiger charge is 2.57. The highest BCUT2D eigenvalue weighted by Crippen LogP contribution is 2.58.